The van der Waals surface area contributed by atoms with Crippen molar-refractivity contribution in [2.75, 3.05) is 13.7 Å². The number of nitrogens with zero attached hydrogens (tertiary/aromatic N) is 2. The average Bonchev–Trinajstić information content (AvgIpc) is 3.50. The van der Waals surface area contributed by atoms with Crippen LogP contribution in [0.2, 0.25) is 0 Å². The number of benzene rings is 1. The first-order valence-corrected chi connectivity index (χ1v) is 12.0. The van der Waals surface area contributed by atoms with Gasteiger partial charge in [-0.3, -0.25) is 14.5 Å². The third-order valence-electron chi connectivity index (χ3n) is 6.94. The van der Waals surface area contributed by atoms with Crippen molar-refractivity contribution in [2.24, 2.45) is 22.6 Å². The van der Waals surface area contributed by atoms with E-state index < -0.39 is 28.8 Å². The number of nitrogens with two attached hydrogens (primary N) is 1. The van der Waals surface area contributed by atoms with E-state index in [1.165, 1.54) is 11.0 Å². The van der Waals surface area contributed by atoms with Gasteiger partial charge < -0.3 is 20.5 Å². The van der Waals surface area contributed by atoms with E-state index in [-0.39, 0.29) is 53.4 Å². The van der Waals surface area contributed by atoms with Crippen molar-refractivity contribution in [3.8, 4) is 5.75 Å². The van der Waals surface area contributed by atoms with E-state index in [4.69, 9.17) is 15.2 Å². The summed E-state index contributed by atoms with van der Waals surface area (Å²) in [5.41, 5.74) is 5.16. The number of hydrogen-bond donors (Lipinski definition) is 2. The van der Waals surface area contributed by atoms with Gasteiger partial charge in [0.05, 0.1) is 18.0 Å². The maximum absolute atomic E-state index is 14.4. The first-order valence-electron chi connectivity index (χ1n) is 12.0. The Kier molecular flexibility index (Phi) is 6.54. The molecule has 3 aliphatic rings. The van der Waals surface area contributed by atoms with Crippen LogP contribution in [-0.4, -0.2) is 53.6 Å². The van der Waals surface area contributed by atoms with Crippen molar-refractivity contribution in [3.05, 3.63) is 29.3 Å². The molecule has 8 nitrogen and oxygen atoms in total. The Morgan fingerprint density at radius 3 is 2.71 bits per heavy atom. The maximum atomic E-state index is 14.4. The summed E-state index contributed by atoms with van der Waals surface area (Å²) in [6.45, 7) is 7.70. The van der Waals surface area contributed by atoms with Crippen molar-refractivity contribution in [2.45, 2.75) is 76.6 Å². The molecule has 1 aromatic carbocycles. The fraction of sp³-hybridized carbons (Fsp3) is 0.640. The number of aliphatic imine (C=N–C) groups is 1. The van der Waals surface area contributed by atoms with Gasteiger partial charge in [0.15, 0.2) is 17.5 Å². The number of hydrogen-bond acceptors (Lipinski definition) is 6. The number of carbonyl (C=O) groups is 2. The monoisotopic (exact) mass is 492 g/mol. The van der Waals surface area contributed by atoms with Crippen LogP contribution in [0.3, 0.4) is 0 Å². The summed E-state index contributed by atoms with van der Waals surface area (Å²) in [5.74, 6) is -2.24. The highest BCUT2D eigenvalue weighted by Crippen LogP contribution is 2.47. The fourth-order valence-corrected chi connectivity index (χ4v) is 5.33. The molecule has 2 unspecified atom stereocenters. The smallest absolute Gasteiger partial charge is 0.231 e. The quantitative estimate of drug-likeness (QED) is 0.609. The van der Waals surface area contributed by atoms with Gasteiger partial charge in [-0.2, -0.15) is 0 Å². The average molecular weight is 493 g/mol. The lowest BCUT2D eigenvalue weighted by Crippen LogP contribution is -2.55. The van der Waals surface area contributed by atoms with E-state index in [0.29, 0.717) is 25.9 Å². The highest BCUT2D eigenvalue weighted by atomic mass is 19.1. The van der Waals surface area contributed by atoms with Crippen molar-refractivity contribution in [3.63, 3.8) is 0 Å². The van der Waals surface area contributed by atoms with Gasteiger partial charge in [0.25, 0.3) is 0 Å². The Hall–Kier alpha value is -2.75. The van der Waals surface area contributed by atoms with E-state index >= 15 is 0 Å². The van der Waals surface area contributed by atoms with E-state index in [1.54, 1.807) is 21.0 Å². The molecular weight excluding hydrogens is 458 g/mol. The number of halogens is 2. The van der Waals surface area contributed by atoms with Crippen LogP contribution >= 0.6 is 0 Å². The van der Waals surface area contributed by atoms with Gasteiger partial charge in [-0.1, -0.05) is 0 Å². The minimum absolute atomic E-state index is 0.0382. The lowest BCUT2D eigenvalue weighted by Gasteiger charge is -2.38. The number of ether oxygens (including phenoxy) is 2. The van der Waals surface area contributed by atoms with Gasteiger partial charge in [-0.05, 0) is 52.5 Å². The summed E-state index contributed by atoms with van der Waals surface area (Å²) in [4.78, 5) is 32.2. The number of fused-ring (bicyclic) bond motifs is 1. The zero-order chi connectivity index (χ0) is 25.7. The van der Waals surface area contributed by atoms with Crippen LogP contribution in [-0.2, 0) is 14.3 Å². The largest absolute Gasteiger partial charge is 0.484 e. The normalized spacial score (nSPS) is 27.4. The third kappa shape index (κ3) is 5.27. The molecular formula is C25H34F2N4O4. The first kappa shape index (κ1) is 25.3. The lowest BCUT2D eigenvalue weighted by atomic mass is 9.89. The molecule has 4 rings (SSSR count). The van der Waals surface area contributed by atoms with Crippen molar-refractivity contribution >= 4 is 17.8 Å². The van der Waals surface area contributed by atoms with Crippen LogP contribution in [0.1, 0.15) is 65.0 Å². The number of amides is 2. The molecule has 4 atom stereocenters. The number of carbonyl (C=O) groups excluding carboxylic acids is 2. The topological polar surface area (TPSA) is 106 Å². The summed E-state index contributed by atoms with van der Waals surface area (Å²) in [6, 6.07) is 1.05. The molecule has 10 heteroatoms. The van der Waals surface area contributed by atoms with Crippen molar-refractivity contribution < 1.29 is 27.8 Å². The van der Waals surface area contributed by atoms with E-state index in [1.807, 2.05) is 13.8 Å². The Morgan fingerprint density at radius 1 is 1.34 bits per heavy atom. The predicted octanol–water partition coefficient (Wildman–Crippen LogP) is 3.05. The maximum Gasteiger partial charge on any atom is 0.231 e. The van der Waals surface area contributed by atoms with Gasteiger partial charge in [0, 0.05) is 43.7 Å². The SMILES string of the molecule is COCC[C@H](C1CC1C(=O)N[C@H]1CC(C)(C)Oc2c(F)cc(F)cc21)N1C(=O)CC(C)(C)N=C1N. The van der Waals surface area contributed by atoms with E-state index in [9.17, 15) is 18.4 Å². The van der Waals surface area contributed by atoms with Crippen LogP contribution in [0.4, 0.5) is 8.78 Å². The van der Waals surface area contributed by atoms with Gasteiger partial charge in [0.2, 0.25) is 11.8 Å². The van der Waals surface area contributed by atoms with E-state index in [0.717, 1.165) is 6.07 Å². The fourth-order valence-electron chi connectivity index (χ4n) is 5.33. The molecule has 0 bridgehead atoms. The number of guanidine groups is 1. The molecule has 1 aromatic rings. The number of methoxy groups -OCH3 is 1. The summed E-state index contributed by atoms with van der Waals surface area (Å²) >= 11 is 0. The number of nitrogens with one attached hydrogen (secondary N) is 1. The molecule has 0 radical (unpaired) electrons. The second kappa shape index (κ2) is 9.04. The summed E-state index contributed by atoms with van der Waals surface area (Å²) in [6.07, 6.45) is 1.67. The Bertz CT molecular complexity index is 1060. The van der Waals surface area contributed by atoms with Gasteiger partial charge in [0.1, 0.15) is 11.4 Å². The van der Waals surface area contributed by atoms with Crippen LogP contribution in [0.5, 0.6) is 5.75 Å². The molecule has 192 valence electrons. The van der Waals surface area contributed by atoms with Crippen LogP contribution < -0.4 is 15.8 Å². The number of rotatable bonds is 7. The molecule has 0 aromatic heterocycles. The highest BCUT2D eigenvalue weighted by Gasteiger charge is 2.52. The lowest BCUT2D eigenvalue weighted by molar-refractivity contribution is -0.132. The van der Waals surface area contributed by atoms with Gasteiger partial charge >= 0.3 is 0 Å². The zero-order valence-electron chi connectivity index (χ0n) is 20.9. The van der Waals surface area contributed by atoms with Gasteiger partial charge in [-0.15, -0.1) is 0 Å². The van der Waals surface area contributed by atoms with E-state index in [2.05, 4.69) is 10.3 Å². The Balaban J connectivity index is 1.53. The summed E-state index contributed by atoms with van der Waals surface area (Å²) in [7, 11) is 1.58. The first-order chi connectivity index (χ1) is 16.3. The molecule has 0 spiro atoms. The Labute approximate surface area is 204 Å². The second-order valence-electron chi connectivity index (χ2n) is 11.0. The predicted molar refractivity (Wildman–Crippen MR) is 126 cm³/mol. The molecule has 1 fully saturated rings. The minimum atomic E-state index is -0.794. The molecule has 2 heterocycles. The second-order valence-corrected chi connectivity index (χ2v) is 11.0. The molecule has 35 heavy (non-hydrogen) atoms. The molecule has 1 saturated carbocycles. The minimum Gasteiger partial charge on any atom is -0.484 e. The zero-order valence-corrected chi connectivity index (χ0v) is 20.9. The van der Waals surface area contributed by atoms with Crippen LogP contribution in [0, 0.1) is 23.5 Å². The third-order valence-corrected chi connectivity index (χ3v) is 6.94. The van der Waals surface area contributed by atoms with Crippen molar-refractivity contribution in [1.82, 2.24) is 10.2 Å². The highest BCUT2D eigenvalue weighted by molar-refractivity contribution is 5.99. The standard InChI is InChI=1S/C25H34F2N4O4/c1-24(2)12-20(32)31(23(28)30-24)19(6-7-34-5)14-10-15(14)22(33)29-18-11-25(3,4)35-21-16(18)8-13(26)9-17(21)27/h8-9,14-15,18-19H,6-7,10-12H2,1-5H3,(H2,28,30)(H,29,33)/t14?,15?,18-,19+/m0/s1. The van der Waals surface area contributed by atoms with Crippen LogP contribution in [0.25, 0.3) is 0 Å². The Morgan fingerprint density at radius 2 is 2.06 bits per heavy atom. The molecule has 2 aliphatic heterocycles. The van der Waals surface area contributed by atoms with Crippen molar-refractivity contribution in [1.29, 1.82) is 0 Å². The van der Waals surface area contributed by atoms with Gasteiger partial charge in [-0.25, -0.2) is 13.8 Å². The molecule has 2 amide bonds. The summed E-state index contributed by atoms with van der Waals surface area (Å²) in [5, 5.41) is 2.98. The summed E-state index contributed by atoms with van der Waals surface area (Å²) < 4.78 is 39.4. The molecule has 1 aliphatic carbocycles. The van der Waals surface area contributed by atoms with Crippen LogP contribution in [0.15, 0.2) is 17.1 Å². The molecule has 0 saturated heterocycles. The molecule has 3 N–H and O–H groups in total.